The number of nitriles is 1. The Labute approximate surface area is 130 Å². The molecule has 1 aromatic rings. The van der Waals surface area contributed by atoms with Gasteiger partial charge in [-0.05, 0) is 24.1 Å². The van der Waals surface area contributed by atoms with Crippen LogP contribution >= 0.6 is 11.6 Å². The highest BCUT2D eigenvalue weighted by molar-refractivity contribution is 7.89. The number of halogens is 1. The predicted octanol–water partition coefficient (Wildman–Crippen LogP) is 2.29. The molecule has 1 unspecified atom stereocenters. The van der Waals surface area contributed by atoms with Crippen molar-refractivity contribution in [2.75, 3.05) is 6.54 Å². The van der Waals surface area contributed by atoms with Gasteiger partial charge >= 0.3 is 0 Å². The lowest BCUT2D eigenvalue weighted by Gasteiger charge is -2.20. The van der Waals surface area contributed by atoms with Crippen molar-refractivity contribution in [3.8, 4) is 6.07 Å². The first-order chi connectivity index (χ1) is 9.85. The van der Waals surface area contributed by atoms with E-state index in [4.69, 9.17) is 16.9 Å². The van der Waals surface area contributed by atoms with Crippen molar-refractivity contribution >= 4 is 21.6 Å². The molecule has 0 saturated carbocycles. The Kier molecular flexibility index (Phi) is 6.62. The van der Waals surface area contributed by atoms with Gasteiger partial charge in [-0.1, -0.05) is 38.3 Å². The first kappa shape index (κ1) is 17.9. The Morgan fingerprint density at radius 3 is 2.52 bits per heavy atom. The van der Waals surface area contributed by atoms with Crippen LogP contribution in [-0.4, -0.2) is 26.2 Å². The zero-order chi connectivity index (χ0) is 16.0. The van der Waals surface area contributed by atoms with Crippen LogP contribution in [0.15, 0.2) is 23.1 Å². The van der Waals surface area contributed by atoms with Gasteiger partial charge in [0, 0.05) is 11.6 Å². The second-order valence-corrected chi connectivity index (χ2v) is 6.92. The van der Waals surface area contributed by atoms with Crippen molar-refractivity contribution < 1.29 is 13.5 Å². The number of aliphatic hydroxyl groups is 1. The summed E-state index contributed by atoms with van der Waals surface area (Å²) >= 11 is 5.79. The summed E-state index contributed by atoms with van der Waals surface area (Å²) in [6.07, 6.45) is 0.763. The molecule has 0 heterocycles. The minimum atomic E-state index is -3.89. The zero-order valence-electron chi connectivity index (χ0n) is 12.0. The number of benzene rings is 1. The molecule has 21 heavy (non-hydrogen) atoms. The van der Waals surface area contributed by atoms with Gasteiger partial charge in [0.25, 0.3) is 0 Å². The highest BCUT2D eigenvalue weighted by Crippen LogP contribution is 2.20. The van der Waals surface area contributed by atoms with E-state index < -0.39 is 16.1 Å². The molecule has 0 aliphatic carbocycles. The lowest BCUT2D eigenvalue weighted by molar-refractivity contribution is 0.107. The Bertz CT molecular complexity index is 622. The molecule has 116 valence electrons. The summed E-state index contributed by atoms with van der Waals surface area (Å²) in [5, 5.41) is 19.2. The van der Waals surface area contributed by atoms with Crippen LogP contribution in [0.5, 0.6) is 0 Å². The highest BCUT2D eigenvalue weighted by Gasteiger charge is 2.22. The van der Waals surface area contributed by atoms with Gasteiger partial charge in [0.2, 0.25) is 10.0 Å². The van der Waals surface area contributed by atoms with Crippen molar-refractivity contribution in [1.82, 2.24) is 4.72 Å². The van der Waals surface area contributed by atoms with E-state index >= 15 is 0 Å². The van der Waals surface area contributed by atoms with Gasteiger partial charge in [-0.25, -0.2) is 13.1 Å². The van der Waals surface area contributed by atoms with Gasteiger partial charge < -0.3 is 5.11 Å². The standard InChI is InChI=1S/C14H19ClN2O3S/c1-3-10(4-2)13(18)9-17-21(19,20)14-7-12(15)6-5-11(14)8-16/h5-7,10,13,17-18H,3-4,9H2,1-2H3. The van der Waals surface area contributed by atoms with Crippen LogP contribution in [0.2, 0.25) is 5.02 Å². The van der Waals surface area contributed by atoms with Crippen molar-refractivity contribution in [3.63, 3.8) is 0 Å². The van der Waals surface area contributed by atoms with Crippen LogP contribution in [0, 0.1) is 17.2 Å². The van der Waals surface area contributed by atoms with Crippen LogP contribution in [0.1, 0.15) is 32.3 Å². The number of sulfonamides is 1. The van der Waals surface area contributed by atoms with Crippen molar-refractivity contribution in [2.24, 2.45) is 5.92 Å². The Hall–Kier alpha value is -1.13. The SMILES string of the molecule is CCC(CC)C(O)CNS(=O)(=O)c1cc(Cl)ccc1C#N. The van der Waals surface area contributed by atoms with Gasteiger partial charge in [-0.15, -0.1) is 0 Å². The molecule has 0 aromatic heterocycles. The smallest absolute Gasteiger partial charge is 0.242 e. The molecule has 0 saturated heterocycles. The molecule has 7 heteroatoms. The molecule has 2 N–H and O–H groups in total. The number of aliphatic hydroxyl groups excluding tert-OH is 1. The molecular weight excluding hydrogens is 312 g/mol. The second kappa shape index (κ2) is 7.76. The Balaban J connectivity index is 2.93. The number of rotatable bonds is 7. The van der Waals surface area contributed by atoms with Crippen LogP contribution in [-0.2, 0) is 10.0 Å². The molecule has 0 spiro atoms. The zero-order valence-corrected chi connectivity index (χ0v) is 13.6. The summed E-state index contributed by atoms with van der Waals surface area (Å²) in [6.45, 7) is 3.79. The first-order valence-electron chi connectivity index (χ1n) is 6.73. The molecule has 1 rings (SSSR count). The first-order valence-corrected chi connectivity index (χ1v) is 8.59. The van der Waals surface area contributed by atoms with E-state index in [1.54, 1.807) is 0 Å². The van der Waals surface area contributed by atoms with Crippen molar-refractivity contribution in [2.45, 2.75) is 37.7 Å². The third-order valence-electron chi connectivity index (χ3n) is 3.43. The van der Waals surface area contributed by atoms with Crippen LogP contribution in [0.4, 0.5) is 0 Å². The molecule has 0 bridgehead atoms. The minimum absolute atomic E-state index is 0.0175. The monoisotopic (exact) mass is 330 g/mol. The fourth-order valence-electron chi connectivity index (χ4n) is 2.08. The van der Waals surface area contributed by atoms with E-state index in [1.165, 1.54) is 18.2 Å². The van der Waals surface area contributed by atoms with Gasteiger partial charge in [-0.2, -0.15) is 5.26 Å². The average Bonchev–Trinajstić information content (AvgIpc) is 2.46. The summed E-state index contributed by atoms with van der Waals surface area (Å²) in [5.74, 6) is 0.0301. The van der Waals surface area contributed by atoms with Crippen LogP contribution in [0.25, 0.3) is 0 Å². The maximum atomic E-state index is 12.2. The second-order valence-electron chi connectivity index (χ2n) is 4.75. The minimum Gasteiger partial charge on any atom is -0.391 e. The topological polar surface area (TPSA) is 90.2 Å². The van der Waals surface area contributed by atoms with Gasteiger partial charge in [0.05, 0.1) is 11.7 Å². The molecule has 5 nitrogen and oxygen atoms in total. The largest absolute Gasteiger partial charge is 0.391 e. The maximum Gasteiger partial charge on any atom is 0.242 e. The summed E-state index contributed by atoms with van der Waals surface area (Å²) in [7, 11) is -3.89. The number of nitrogens with one attached hydrogen (secondary N) is 1. The molecule has 0 aliphatic heterocycles. The van der Waals surface area contributed by atoms with E-state index in [0.29, 0.717) is 0 Å². The Morgan fingerprint density at radius 1 is 1.38 bits per heavy atom. The number of nitrogens with zero attached hydrogens (tertiary/aromatic N) is 1. The molecule has 1 atom stereocenters. The van der Waals surface area contributed by atoms with E-state index in [1.807, 2.05) is 19.9 Å². The average molecular weight is 331 g/mol. The van der Waals surface area contributed by atoms with E-state index in [2.05, 4.69) is 4.72 Å². The molecule has 1 aromatic carbocycles. The predicted molar refractivity (Wildman–Crippen MR) is 81.4 cm³/mol. The van der Waals surface area contributed by atoms with Crippen molar-refractivity contribution in [3.05, 3.63) is 28.8 Å². The molecule has 0 amide bonds. The lowest BCUT2D eigenvalue weighted by Crippen LogP contribution is -2.36. The summed E-state index contributed by atoms with van der Waals surface area (Å²) < 4.78 is 26.8. The summed E-state index contributed by atoms with van der Waals surface area (Å²) in [5.41, 5.74) is 0.0175. The maximum absolute atomic E-state index is 12.2. The van der Waals surface area contributed by atoms with Gasteiger partial charge in [0.15, 0.2) is 0 Å². The highest BCUT2D eigenvalue weighted by atomic mass is 35.5. The fourth-order valence-corrected chi connectivity index (χ4v) is 3.55. The molecule has 0 radical (unpaired) electrons. The third kappa shape index (κ3) is 4.68. The van der Waals surface area contributed by atoms with Gasteiger partial charge in [0.1, 0.15) is 11.0 Å². The van der Waals surface area contributed by atoms with Crippen LogP contribution < -0.4 is 4.72 Å². The van der Waals surface area contributed by atoms with E-state index in [-0.39, 0.29) is 27.9 Å². The molecule has 0 aliphatic rings. The Morgan fingerprint density at radius 2 is 2.00 bits per heavy atom. The summed E-state index contributed by atoms with van der Waals surface area (Å²) in [6, 6.07) is 5.86. The van der Waals surface area contributed by atoms with Crippen LogP contribution in [0.3, 0.4) is 0 Å². The van der Waals surface area contributed by atoms with E-state index in [9.17, 15) is 13.5 Å². The number of hydrogen-bond acceptors (Lipinski definition) is 4. The number of hydrogen-bond donors (Lipinski definition) is 2. The van der Waals surface area contributed by atoms with E-state index in [0.717, 1.165) is 12.8 Å². The molecular formula is C14H19ClN2O3S. The summed E-state index contributed by atoms with van der Waals surface area (Å²) in [4.78, 5) is -0.172. The van der Waals surface area contributed by atoms with Crippen molar-refractivity contribution in [1.29, 1.82) is 5.26 Å². The fraction of sp³-hybridized carbons (Fsp3) is 0.500. The normalized spacial score (nSPS) is 13.1. The quantitative estimate of drug-likeness (QED) is 0.802. The lowest BCUT2D eigenvalue weighted by atomic mass is 9.97. The third-order valence-corrected chi connectivity index (χ3v) is 5.13. The molecule has 0 fully saturated rings. The van der Waals surface area contributed by atoms with Gasteiger partial charge in [-0.3, -0.25) is 0 Å².